The molecule has 0 bridgehead atoms. The summed E-state index contributed by atoms with van der Waals surface area (Å²) in [6.07, 6.45) is 2.42. The number of hydrogen-bond acceptors (Lipinski definition) is 4. The molecular formula is C15H17FN4O. The molecule has 1 aliphatic rings. The SMILES string of the molecule is CC(=O)NC1CCN(c2c(F)cc(N)c3cccnc23)C1. The van der Waals surface area contributed by atoms with E-state index in [4.69, 9.17) is 5.73 Å². The van der Waals surface area contributed by atoms with Gasteiger partial charge in [-0.15, -0.1) is 0 Å². The highest BCUT2D eigenvalue weighted by Gasteiger charge is 2.27. The summed E-state index contributed by atoms with van der Waals surface area (Å²) in [6, 6.07) is 5.00. The standard InChI is InChI=1S/C15H17FN4O/c1-9(21)19-10-4-6-20(8-10)15-12(16)7-13(17)11-3-2-5-18-14(11)15/h2-3,5,7,10H,4,6,8,17H2,1H3,(H,19,21). The lowest BCUT2D eigenvalue weighted by molar-refractivity contribution is -0.119. The van der Waals surface area contributed by atoms with Gasteiger partial charge >= 0.3 is 0 Å². The molecule has 0 aliphatic carbocycles. The molecule has 0 saturated carbocycles. The summed E-state index contributed by atoms with van der Waals surface area (Å²) in [4.78, 5) is 17.3. The highest BCUT2D eigenvalue weighted by atomic mass is 19.1. The molecule has 5 nitrogen and oxygen atoms in total. The molecule has 1 fully saturated rings. The van der Waals surface area contributed by atoms with E-state index in [9.17, 15) is 9.18 Å². The predicted molar refractivity (Wildman–Crippen MR) is 80.5 cm³/mol. The van der Waals surface area contributed by atoms with Gasteiger partial charge in [0.2, 0.25) is 5.91 Å². The van der Waals surface area contributed by atoms with Crippen LogP contribution in [0.25, 0.3) is 10.9 Å². The van der Waals surface area contributed by atoms with Crippen LogP contribution in [0.3, 0.4) is 0 Å². The van der Waals surface area contributed by atoms with Gasteiger partial charge in [0.15, 0.2) is 5.82 Å². The zero-order valence-electron chi connectivity index (χ0n) is 11.8. The maximum absolute atomic E-state index is 14.4. The lowest BCUT2D eigenvalue weighted by atomic mass is 10.1. The highest BCUT2D eigenvalue weighted by Crippen LogP contribution is 2.34. The Morgan fingerprint density at radius 2 is 2.38 bits per heavy atom. The minimum atomic E-state index is -0.373. The van der Waals surface area contributed by atoms with Crippen LogP contribution in [0, 0.1) is 5.82 Å². The van der Waals surface area contributed by atoms with E-state index in [1.165, 1.54) is 13.0 Å². The Morgan fingerprint density at radius 3 is 3.14 bits per heavy atom. The van der Waals surface area contributed by atoms with E-state index in [0.29, 0.717) is 30.0 Å². The number of nitrogens with two attached hydrogens (primary N) is 1. The van der Waals surface area contributed by atoms with Crippen molar-refractivity contribution in [1.82, 2.24) is 10.3 Å². The van der Waals surface area contributed by atoms with Crippen molar-refractivity contribution in [3.8, 4) is 0 Å². The van der Waals surface area contributed by atoms with Gasteiger partial charge < -0.3 is 16.0 Å². The number of anilines is 2. The van der Waals surface area contributed by atoms with E-state index >= 15 is 0 Å². The molecule has 1 aromatic carbocycles. The number of nitrogen functional groups attached to an aromatic ring is 1. The average Bonchev–Trinajstić information content (AvgIpc) is 2.86. The van der Waals surface area contributed by atoms with E-state index in [1.54, 1.807) is 12.3 Å². The number of aromatic nitrogens is 1. The van der Waals surface area contributed by atoms with Gasteiger partial charge in [-0.1, -0.05) is 0 Å². The number of hydrogen-bond donors (Lipinski definition) is 2. The van der Waals surface area contributed by atoms with Crippen LogP contribution in [0.5, 0.6) is 0 Å². The second-order valence-corrected chi connectivity index (χ2v) is 5.33. The number of nitrogens with zero attached hydrogens (tertiary/aromatic N) is 2. The number of carbonyl (C=O) groups excluding carboxylic acids is 1. The van der Waals surface area contributed by atoms with Crippen LogP contribution in [-0.2, 0) is 4.79 Å². The Morgan fingerprint density at radius 1 is 1.57 bits per heavy atom. The molecule has 1 atom stereocenters. The molecule has 1 unspecified atom stereocenters. The van der Waals surface area contributed by atoms with Crippen LogP contribution in [-0.4, -0.2) is 30.0 Å². The third-order valence-corrected chi connectivity index (χ3v) is 3.76. The summed E-state index contributed by atoms with van der Waals surface area (Å²) in [5.74, 6) is -0.440. The third-order valence-electron chi connectivity index (χ3n) is 3.76. The summed E-state index contributed by atoms with van der Waals surface area (Å²) < 4.78 is 14.4. The van der Waals surface area contributed by atoms with Crippen LogP contribution < -0.4 is 16.0 Å². The summed E-state index contributed by atoms with van der Waals surface area (Å²) in [5, 5.41) is 3.62. The molecule has 0 radical (unpaired) electrons. The van der Waals surface area contributed by atoms with Gasteiger partial charge in [0.05, 0.1) is 11.2 Å². The monoisotopic (exact) mass is 288 g/mol. The van der Waals surface area contributed by atoms with Gasteiger partial charge in [-0.05, 0) is 24.6 Å². The fourth-order valence-corrected chi connectivity index (χ4v) is 2.89. The first-order chi connectivity index (χ1) is 10.1. The lowest BCUT2D eigenvalue weighted by Gasteiger charge is -2.21. The Balaban J connectivity index is 2.00. The predicted octanol–water partition coefficient (Wildman–Crippen LogP) is 1.67. The van der Waals surface area contributed by atoms with Crippen molar-refractivity contribution in [1.29, 1.82) is 0 Å². The van der Waals surface area contributed by atoms with E-state index < -0.39 is 0 Å². The molecule has 21 heavy (non-hydrogen) atoms. The number of amides is 1. The Kier molecular flexibility index (Phi) is 3.37. The topological polar surface area (TPSA) is 71.2 Å². The minimum Gasteiger partial charge on any atom is -0.398 e. The molecular weight excluding hydrogens is 271 g/mol. The fourth-order valence-electron chi connectivity index (χ4n) is 2.89. The van der Waals surface area contributed by atoms with E-state index in [-0.39, 0.29) is 17.8 Å². The third kappa shape index (κ3) is 2.49. The van der Waals surface area contributed by atoms with Crippen molar-refractivity contribution in [2.45, 2.75) is 19.4 Å². The molecule has 1 aliphatic heterocycles. The van der Waals surface area contributed by atoms with Gasteiger partial charge in [0.1, 0.15) is 0 Å². The van der Waals surface area contributed by atoms with Crippen molar-refractivity contribution in [3.05, 3.63) is 30.2 Å². The first kappa shape index (κ1) is 13.6. The summed E-state index contributed by atoms with van der Waals surface area (Å²) in [7, 11) is 0. The first-order valence-electron chi connectivity index (χ1n) is 6.91. The number of rotatable bonds is 2. The molecule has 6 heteroatoms. The van der Waals surface area contributed by atoms with Crippen LogP contribution >= 0.6 is 0 Å². The molecule has 110 valence electrons. The van der Waals surface area contributed by atoms with Crippen molar-refractivity contribution < 1.29 is 9.18 Å². The smallest absolute Gasteiger partial charge is 0.217 e. The second-order valence-electron chi connectivity index (χ2n) is 5.33. The maximum atomic E-state index is 14.4. The summed E-state index contributed by atoms with van der Waals surface area (Å²) in [6.45, 7) is 2.74. The molecule has 1 amide bonds. The van der Waals surface area contributed by atoms with Gasteiger partial charge in [-0.25, -0.2) is 4.39 Å². The number of pyridine rings is 1. The number of halogens is 1. The quantitative estimate of drug-likeness (QED) is 0.825. The summed E-state index contributed by atoms with van der Waals surface area (Å²) >= 11 is 0. The summed E-state index contributed by atoms with van der Waals surface area (Å²) in [5.41, 5.74) is 7.28. The Hall–Kier alpha value is -2.37. The normalized spacial score (nSPS) is 18.2. The molecule has 0 spiro atoms. The number of benzene rings is 1. The van der Waals surface area contributed by atoms with E-state index in [2.05, 4.69) is 10.3 Å². The zero-order chi connectivity index (χ0) is 15.0. The fraction of sp³-hybridized carbons (Fsp3) is 0.333. The number of fused-ring (bicyclic) bond motifs is 1. The lowest BCUT2D eigenvalue weighted by Crippen LogP contribution is -2.35. The van der Waals surface area contributed by atoms with Crippen molar-refractivity contribution in [2.75, 3.05) is 23.7 Å². The van der Waals surface area contributed by atoms with Crippen LogP contribution in [0.2, 0.25) is 0 Å². The van der Waals surface area contributed by atoms with Crippen molar-refractivity contribution in [2.24, 2.45) is 0 Å². The van der Waals surface area contributed by atoms with E-state index in [1.807, 2.05) is 11.0 Å². The molecule has 3 N–H and O–H groups in total. The van der Waals surface area contributed by atoms with Gasteiger partial charge in [0.25, 0.3) is 0 Å². The highest BCUT2D eigenvalue weighted by molar-refractivity contribution is 5.99. The molecule has 2 heterocycles. The minimum absolute atomic E-state index is 0.0400. The largest absolute Gasteiger partial charge is 0.398 e. The maximum Gasteiger partial charge on any atom is 0.217 e. The Bertz CT molecular complexity index is 703. The molecule has 2 aromatic rings. The number of carbonyl (C=O) groups is 1. The van der Waals surface area contributed by atoms with Crippen molar-refractivity contribution in [3.63, 3.8) is 0 Å². The Labute approximate surface area is 121 Å². The van der Waals surface area contributed by atoms with Crippen LogP contribution in [0.1, 0.15) is 13.3 Å². The van der Waals surface area contributed by atoms with Gasteiger partial charge in [-0.3, -0.25) is 9.78 Å². The van der Waals surface area contributed by atoms with E-state index in [0.717, 1.165) is 11.8 Å². The first-order valence-corrected chi connectivity index (χ1v) is 6.91. The van der Waals surface area contributed by atoms with Gasteiger partial charge in [0, 0.05) is 43.3 Å². The number of nitrogens with one attached hydrogen (secondary N) is 1. The molecule has 1 saturated heterocycles. The van der Waals surface area contributed by atoms with Gasteiger partial charge in [-0.2, -0.15) is 0 Å². The average molecular weight is 288 g/mol. The van der Waals surface area contributed by atoms with Crippen LogP contribution in [0.4, 0.5) is 15.8 Å². The molecule has 1 aromatic heterocycles. The van der Waals surface area contributed by atoms with Crippen LogP contribution in [0.15, 0.2) is 24.4 Å². The second kappa shape index (κ2) is 5.20. The molecule has 3 rings (SSSR count). The zero-order valence-corrected chi connectivity index (χ0v) is 11.8. The van der Waals surface area contributed by atoms with Crippen molar-refractivity contribution >= 4 is 28.2 Å².